The first-order valence-electron chi connectivity index (χ1n) is 17.7. The molecule has 1 N–H and O–H groups in total. The Morgan fingerprint density at radius 2 is 1.69 bits per heavy atom. The third-order valence-corrected chi connectivity index (χ3v) is 8.58. The van der Waals surface area contributed by atoms with E-state index >= 15 is 0 Å². The molecule has 1 aliphatic carbocycles. The number of esters is 2. The van der Waals surface area contributed by atoms with E-state index in [1.807, 2.05) is 18.2 Å². The summed E-state index contributed by atoms with van der Waals surface area (Å²) in [5, 5.41) is 12.7. The third kappa shape index (κ3) is 12.0. The summed E-state index contributed by atoms with van der Waals surface area (Å²) >= 11 is 6.15. The van der Waals surface area contributed by atoms with Gasteiger partial charge in [0.05, 0.1) is 36.4 Å². The highest BCUT2D eigenvalue weighted by Gasteiger charge is 2.23. The van der Waals surface area contributed by atoms with Gasteiger partial charge in [-0.3, -0.25) is 19.0 Å². The Kier molecular flexibility index (Phi) is 16.9. The number of carbonyl (C=O) groups excluding carboxylic acids is 3. The minimum Gasteiger partial charge on any atom is -0.495 e. The minimum atomic E-state index is -0.887. The number of nitrogens with zero attached hydrogens (tertiary/aromatic N) is 2. The fourth-order valence-electron chi connectivity index (χ4n) is 5.33. The number of amides is 1. The van der Waals surface area contributed by atoms with Gasteiger partial charge in [0, 0.05) is 27.9 Å². The Morgan fingerprint density at radius 1 is 0.981 bits per heavy atom. The molecule has 0 saturated carbocycles. The van der Waals surface area contributed by atoms with Crippen molar-refractivity contribution >= 4 is 35.1 Å². The summed E-state index contributed by atoms with van der Waals surface area (Å²) in [5.41, 5.74) is 2.23. The van der Waals surface area contributed by atoms with Crippen LogP contribution in [-0.4, -0.2) is 42.7 Å². The van der Waals surface area contributed by atoms with Crippen LogP contribution >= 0.6 is 11.6 Å². The lowest BCUT2D eigenvalue weighted by Gasteiger charge is -2.20. The van der Waals surface area contributed by atoms with Crippen LogP contribution in [0.3, 0.4) is 0 Å². The molecule has 0 aliphatic heterocycles. The Balaban J connectivity index is 0.00000112. The van der Waals surface area contributed by atoms with Crippen molar-refractivity contribution in [3.8, 4) is 22.9 Å². The Morgan fingerprint density at radius 3 is 2.29 bits per heavy atom. The average Bonchev–Trinajstić information content (AvgIpc) is 3.16. The number of aromatic nitrogens is 1. The van der Waals surface area contributed by atoms with Crippen LogP contribution in [0.5, 0.6) is 5.75 Å². The van der Waals surface area contributed by atoms with Gasteiger partial charge < -0.3 is 19.5 Å². The number of halogens is 1. The maximum atomic E-state index is 13.3. The van der Waals surface area contributed by atoms with Crippen molar-refractivity contribution in [2.45, 2.75) is 78.7 Å². The zero-order valence-corrected chi connectivity index (χ0v) is 31.3. The van der Waals surface area contributed by atoms with Crippen molar-refractivity contribution < 1.29 is 28.6 Å². The lowest BCUT2D eigenvalue weighted by Crippen LogP contribution is -2.32. The van der Waals surface area contributed by atoms with Crippen molar-refractivity contribution in [1.29, 1.82) is 5.26 Å². The fraction of sp³-hybridized carbons (Fsp3) is 0.390. The highest BCUT2D eigenvalue weighted by Crippen LogP contribution is 2.33. The van der Waals surface area contributed by atoms with Gasteiger partial charge in [-0.05, 0) is 74.2 Å². The predicted octanol–water partition coefficient (Wildman–Crippen LogP) is 8.84. The van der Waals surface area contributed by atoms with Gasteiger partial charge in [0.15, 0.2) is 0 Å². The number of nitrogens with one attached hydrogen (secondary N) is 1. The molecule has 1 amide bonds. The molecule has 276 valence electrons. The summed E-state index contributed by atoms with van der Waals surface area (Å²) in [7, 11) is 1.43. The van der Waals surface area contributed by atoms with E-state index in [9.17, 15) is 24.4 Å². The van der Waals surface area contributed by atoms with Crippen LogP contribution in [0.4, 0.5) is 5.69 Å². The average molecular weight is 730 g/mol. The summed E-state index contributed by atoms with van der Waals surface area (Å²) < 4.78 is 17.4. The summed E-state index contributed by atoms with van der Waals surface area (Å²) in [4.78, 5) is 51.4. The van der Waals surface area contributed by atoms with Gasteiger partial charge in [-0.25, -0.2) is 4.79 Å². The Bertz CT molecular complexity index is 1840. The van der Waals surface area contributed by atoms with Gasteiger partial charge in [0.1, 0.15) is 25.0 Å². The number of allylic oxidation sites excluding steroid dienone is 2. The number of hydrogen-bond acceptors (Lipinski definition) is 8. The quantitative estimate of drug-likeness (QED) is 0.121. The second-order valence-corrected chi connectivity index (χ2v) is 12.8. The molecule has 0 radical (unpaired) electrons. The second-order valence-electron chi connectivity index (χ2n) is 12.4. The summed E-state index contributed by atoms with van der Waals surface area (Å²) in [5.74, 6) is -1.90. The van der Waals surface area contributed by atoms with Crippen LogP contribution in [0.15, 0.2) is 83.3 Å². The molecule has 1 heterocycles. The normalized spacial score (nSPS) is 13.0. The number of rotatable bonds is 15. The Labute approximate surface area is 311 Å². The first kappa shape index (κ1) is 41.3. The summed E-state index contributed by atoms with van der Waals surface area (Å²) in [6.07, 6.45) is 15.1. The number of nitriles is 1. The summed E-state index contributed by atoms with van der Waals surface area (Å²) in [6, 6.07) is 13.3. The van der Waals surface area contributed by atoms with E-state index in [1.54, 1.807) is 44.2 Å². The smallest absolute Gasteiger partial charge is 0.338 e. The first-order chi connectivity index (χ1) is 25.1. The molecule has 11 heteroatoms. The fourth-order valence-corrected chi connectivity index (χ4v) is 5.50. The minimum absolute atomic E-state index is 0.143. The number of ether oxygens (including phenoxy) is 3. The zero-order chi connectivity index (χ0) is 38.0. The predicted molar refractivity (Wildman–Crippen MR) is 203 cm³/mol. The maximum Gasteiger partial charge on any atom is 0.338 e. The number of methoxy groups -OCH3 is 1. The molecule has 2 aromatic carbocycles. The largest absolute Gasteiger partial charge is 0.495 e. The zero-order valence-electron chi connectivity index (χ0n) is 30.6. The molecule has 4 rings (SSSR count). The van der Waals surface area contributed by atoms with Crippen LogP contribution in [0.1, 0.15) is 94.6 Å². The van der Waals surface area contributed by atoms with Gasteiger partial charge in [-0.15, -0.1) is 0 Å². The molecule has 0 spiro atoms. The molecule has 10 nitrogen and oxygen atoms in total. The van der Waals surface area contributed by atoms with Gasteiger partial charge in [-0.2, -0.15) is 5.26 Å². The van der Waals surface area contributed by atoms with Crippen LogP contribution in [0, 0.1) is 17.2 Å². The van der Waals surface area contributed by atoms with E-state index in [4.69, 9.17) is 25.8 Å². The van der Waals surface area contributed by atoms with Gasteiger partial charge in [0.25, 0.3) is 5.56 Å². The van der Waals surface area contributed by atoms with Crippen molar-refractivity contribution in [3.63, 3.8) is 0 Å². The van der Waals surface area contributed by atoms with E-state index in [0.717, 1.165) is 18.4 Å². The molecule has 0 fully saturated rings. The molecule has 0 bridgehead atoms. The highest BCUT2D eigenvalue weighted by atomic mass is 35.5. The molecular formula is C41H48ClN3O7. The lowest BCUT2D eigenvalue weighted by atomic mass is 10.00. The molecule has 1 aliphatic rings. The van der Waals surface area contributed by atoms with Crippen LogP contribution in [0.2, 0.25) is 5.02 Å². The van der Waals surface area contributed by atoms with Gasteiger partial charge in [0.2, 0.25) is 5.91 Å². The number of unbranched alkanes of at least 4 members (excludes halogenated alkanes) is 3. The highest BCUT2D eigenvalue weighted by molar-refractivity contribution is 6.31. The van der Waals surface area contributed by atoms with E-state index in [-0.39, 0.29) is 30.9 Å². The SMILES string of the molecule is CCC(C(=O)Nc1ccc(C(=O)OCC(C)C(=O)OCC2=CCCC=C2)cc1)n1cc(OC)c(-c2cc(Cl)ccc2C#N)cc1=O.CCCCCC. The monoisotopic (exact) mass is 729 g/mol. The third-order valence-electron chi connectivity index (χ3n) is 8.35. The molecular weight excluding hydrogens is 682 g/mol. The van der Waals surface area contributed by atoms with Crippen LogP contribution in [-0.2, 0) is 19.1 Å². The van der Waals surface area contributed by atoms with E-state index in [2.05, 4.69) is 25.2 Å². The number of benzene rings is 2. The molecule has 3 aromatic rings. The van der Waals surface area contributed by atoms with Gasteiger partial charge in [-0.1, -0.05) is 76.3 Å². The topological polar surface area (TPSA) is 137 Å². The van der Waals surface area contributed by atoms with E-state index < -0.39 is 35.4 Å². The van der Waals surface area contributed by atoms with Crippen molar-refractivity contribution in [3.05, 3.63) is 105 Å². The second kappa shape index (κ2) is 21.3. The molecule has 2 atom stereocenters. The summed E-state index contributed by atoms with van der Waals surface area (Å²) in [6.45, 7) is 7.89. The standard InChI is InChI=1S/C35H34ClN3O7.C6H14/c1-4-30(39-19-31(44-3)29(17-32(39)40)28-16-26(36)13-10-25(28)18-37)33(41)38-27-14-11-24(12-15-27)35(43)45-20-22(2)34(42)46-21-23-8-6-5-7-9-23;1-3-5-6-4-2/h6,8-17,19,22,30H,4-5,7,20-21H2,1-3H3,(H,38,41);3-6H2,1-2H3. The van der Waals surface area contributed by atoms with Crippen molar-refractivity contribution in [2.24, 2.45) is 5.92 Å². The molecule has 0 saturated heterocycles. The number of anilines is 1. The Hall–Kier alpha value is -5.14. The van der Waals surface area contributed by atoms with E-state index in [0.29, 0.717) is 27.4 Å². The van der Waals surface area contributed by atoms with Crippen LogP contribution < -0.4 is 15.6 Å². The maximum absolute atomic E-state index is 13.3. The van der Waals surface area contributed by atoms with Crippen molar-refractivity contribution in [1.82, 2.24) is 4.57 Å². The molecule has 2 unspecified atom stereocenters. The number of pyridine rings is 1. The number of carbonyl (C=O) groups is 3. The van der Waals surface area contributed by atoms with Crippen LogP contribution in [0.25, 0.3) is 11.1 Å². The van der Waals surface area contributed by atoms with Gasteiger partial charge >= 0.3 is 11.9 Å². The lowest BCUT2D eigenvalue weighted by molar-refractivity contribution is -0.148. The van der Waals surface area contributed by atoms with E-state index in [1.165, 1.54) is 61.8 Å². The first-order valence-corrected chi connectivity index (χ1v) is 18.0. The molecule has 1 aromatic heterocycles. The number of hydrogen-bond donors (Lipinski definition) is 1. The molecule has 52 heavy (non-hydrogen) atoms. The van der Waals surface area contributed by atoms with Crippen molar-refractivity contribution in [2.75, 3.05) is 25.6 Å².